The van der Waals surface area contributed by atoms with Crippen molar-refractivity contribution in [2.75, 3.05) is 19.6 Å². The smallest absolute Gasteiger partial charge is 0.0103 e. The highest BCUT2D eigenvalue weighted by atomic mass is 15.1. The van der Waals surface area contributed by atoms with Crippen LogP contribution >= 0.6 is 0 Å². The van der Waals surface area contributed by atoms with Gasteiger partial charge < -0.3 is 10.2 Å². The second-order valence-electron chi connectivity index (χ2n) is 8.10. The molecule has 3 atom stereocenters. The van der Waals surface area contributed by atoms with Gasteiger partial charge in [-0.05, 0) is 63.6 Å². The first-order chi connectivity index (χ1) is 9.88. The molecule has 0 saturated heterocycles. The van der Waals surface area contributed by atoms with E-state index in [1.54, 1.807) is 0 Å². The van der Waals surface area contributed by atoms with Gasteiger partial charge in [-0.15, -0.1) is 0 Å². The van der Waals surface area contributed by atoms with Gasteiger partial charge in [0, 0.05) is 12.1 Å². The Bertz CT molecular complexity index is 265. The van der Waals surface area contributed by atoms with E-state index in [1.165, 1.54) is 58.2 Å². The van der Waals surface area contributed by atoms with Crippen molar-refractivity contribution in [1.82, 2.24) is 10.2 Å². The molecular formula is C19H40N2. The second kappa shape index (κ2) is 9.15. The van der Waals surface area contributed by atoms with Crippen molar-refractivity contribution < 1.29 is 0 Å². The standard InChI is InChI=1S/C19H40N2/c1-7-21(8-2)15-11-12-16(3)20-18-14-10-9-13-17(18)19(4,5)6/h16-18,20H,7-15H2,1-6H3. The molecular weight excluding hydrogens is 256 g/mol. The van der Waals surface area contributed by atoms with Crippen LogP contribution in [0.4, 0.5) is 0 Å². The van der Waals surface area contributed by atoms with Crippen LogP contribution in [0.3, 0.4) is 0 Å². The van der Waals surface area contributed by atoms with Crippen molar-refractivity contribution in [3.63, 3.8) is 0 Å². The van der Waals surface area contributed by atoms with Crippen molar-refractivity contribution >= 4 is 0 Å². The minimum absolute atomic E-state index is 0.443. The summed E-state index contributed by atoms with van der Waals surface area (Å²) in [5.41, 5.74) is 0.443. The first kappa shape index (κ1) is 19.0. The Labute approximate surface area is 134 Å². The van der Waals surface area contributed by atoms with Crippen LogP contribution in [0, 0.1) is 11.3 Å². The summed E-state index contributed by atoms with van der Waals surface area (Å²) in [5.74, 6) is 0.844. The summed E-state index contributed by atoms with van der Waals surface area (Å²) in [6.07, 6.45) is 8.26. The van der Waals surface area contributed by atoms with Crippen LogP contribution in [0.5, 0.6) is 0 Å². The van der Waals surface area contributed by atoms with Gasteiger partial charge in [-0.25, -0.2) is 0 Å². The van der Waals surface area contributed by atoms with Crippen LogP contribution in [-0.4, -0.2) is 36.6 Å². The van der Waals surface area contributed by atoms with Crippen molar-refractivity contribution in [1.29, 1.82) is 0 Å². The summed E-state index contributed by atoms with van der Waals surface area (Å²) in [7, 11) is 0. The Morgan fingerprint density at radius 1 is 1.10 bits per heavy atom. The Morgan fingerprint density at radius 3 is 2.29 bits per heavy atom. The quantitative estimate of drug-likeness (QED) is 0.699. The number of hydrogen-bond acceptors (Lipinski definition) is 2. The lowest BCUT2D eigenvalue weighted by atomic mass is 9.69. The molecule has 0 heterocycles. The highest BCUT2D eigenvalue weighted by Crippen LogP contribution is 2.38. The molecule has 0 radical (unpaired) electrons. The molecule has 1 saturated carbocycles. The van der Waals surface area contributed by atoms with E-state index in [1.807, 2.05) is 0 Å². The molecule has 1 aliphatic rings. The molecule has 0 aliphatic heterocycles. The highest BCUT2D eigenvalue weighted by molar-refractivity contribution is 4.89. The lowest BCUT2D eigenvalue weighted by Crippen LogP contribution is -2.47. The molecule has 0 aromatic heterocycles. The third kappa shape index (κ3) is 6.69. The second-order valence-corrected chi connectivity index (χ2v) is 8.10. The zero-order valence-corrected chi connectivity index (χ0v) is 15.5. The van der Waals surface area contributed by atoms with E-state index in [0.29, 0.717) is 11.5 Å². The largest absolute Gasteiger partial charge is 0.311 e. The van der Waals surface area contributed by atoms with Crippen LogP contribution in [0.15, 0.2) is 0 Å². The lowest BCUT2D eigenvalue weighted by molar-refractivity contribution is 0.123. The Hall–Kier alpha value is -0.0800. The van der Waals surface area contributed by atoms with E-state index >= 15 is 0 Å². The number of nitrogens with zero attached hydrogens (tertiary/aromatic N) is 1. The number of rotatable bonds is 8. The van der Waals surface area contributed by atoms with Gasteiger partial charge in [-0.3, -0.25) is 0 Å². The SMILES string of the molecule is CCN(CC)CCCC(C)NC1CCCCC1C(C)(C)C. The van der Waals surface area contributed by atoms with Gasteiger partial charge in [0.25, 0.3) is 0 Å². The summed E-state index contributed by atoms with van der Waals surface area (Å²) in [6, 6.07) is 1.40. The third-order valence-corrected chi connectivity index (χ3v) is 5.38. The molecule has 1 rings (SSSR count). The minimum atomic E-state index is 0.443. The molecule has 0 aromatic carbocycles. The zero-order chi connectivity index (χ0) is 15.9. The van der Waals surface area contributed by atoms with Crippen LogP contribution in [-0.2, 0) is 0 Å². The molecule has 2 heteroatoms. The van der Waals surface area contributed by atoms with Crippen LogP contribution in [0.25, 0.3) is 0 Å². The van der Waals surface area contributed by atoms with Gasteiger partial charge in [-0.1, -0.05) is 47.5 Å². The summed E-state index contributed by atoms with van der Waals surface area (Å²) < 4.78 is 0. The van der Waals surface area contributed by atoms with E-state index in [-0.39, 0.29) is 0 Å². The van der Waals surface area contributed by atoms with Crippen molar-refractivity contribution in [3.8, 4) is 0 Å². The molecule has 126 valence electrons. The third-order valence-electron chi connectivity index (χ3n) is 5.38. The van der Waals surface area contributed by atoms with E-state index in [4.69, 9.17) is 0 Å². The Morgan fingerprint density at radius 2 is 1.71 bits per heavy atom. The van der Waals surface area contributed by atoms with Crippen molar-refractivity contribution in [2.24, 2.45) is 11.3 Å². The maximum Gasteiger partial charge on any atom is 0.0103 e. The summed E-state index contributed by atoms with van der Waals surface area (Å²) in [5, 5.41) is 3.97. The summed E-state index contributed by atoms with van der Waals surface area (Å²) in [6.45, 7) is 17.8. The van der Waals surface area contributed by atoms with E-state index in [9.17, 15) is 0 Å². The molecule has 0 bridgehead atoms. The molecule has 0 amide bonds. The van der Waals surface area contributed by atoms with E-state index in [2.05, 4.69) is 51.8 Å². The predicted molar refractivity (Wildman–Crippen MR) is 94.8 cm³/mol. The van der Waals surface area contributed by atoms with Gasteiger partial charge in [-0.2, -0.15) is 0 Å². The fourth-order valence-electron chi connectivity index (χ4n) is 3.98. The normalized spacial score (nSPS) is 25.3. The molecule has 2 nitrogen and oxygen atoms in total. The lowest BCUT2D eigenvalue weighted by Gasteiger charge is -2.42. The molecule has 1 fully saturated rings. The Balaban J connectivity index is 2.36. The Kier molecular flexibility index (Phi) is 8.26. The van der Waals surface area contributed by atoms with Gasteiger partial charge in [0.05, 0.1) is 0 Å². The molecule has 0 aromatic rings. The van der Waals surface area contributed by atoms with Gasteiger partial charge in [0.1, 0.15) is 0 Å². The predicted octanol–water partition coefficient (Wildman–Crippen LogP) is 4.69. The molecule has 21 heavy (non-hydrogen) atoms. The maximum atomic E-state index is 3.97. The molecule has 1 aliphatic carbocycles. The zero-order valence-electron chi connectivity index (χ0n) is 15.5. The minimum Gasteiger partial charge on any atom is -0.311 e. The fraction of sp³-hybridized carbons (Fsp3) is 1.00. The van der Waals surface area contributed by atoms with Crippen molar-refractivity contribution in [2.45, 2.75) is 92.2 Å². The fourth-order valence-corrected chi connectivity index (χ4v) is 3.98. The van der Waals surface area contributed by atoms with Gasteiger partial charge in [0.15, 0.2) is 0 Å². The topological polar surface area (TPSA) is 15.3 Å². The number of hydrogen-bond donors (Lipinski definition) is 1. The van der Waals surface area contributed by atoms with Crippen molar-refractivity contribution in [3.05, 3.63) is 0 Å². The monoisotopic (exact) mass is 296 g/mol. The molecule has 1 N–H and O–H groups in total. The maximum absolute atomic E-state index is 3.97. The van der Waals surface area contributed by atoms with Crippen LogP contribution in [0.2, 0.25) is 0 Å². The number of nitrogens with one attached hydrogen (secondary N) is 1. The highest BCUT2D eigenvalue weighted by Gasteiger charge is 2.34. The van der Waals surface area contributed by atoms with Crippen LogP contribution in [0.1, 0.15) is 80.1 Å². The van der Waals surface area contributed by atoms with E-state index in [0.717, 1.165) is 12.0 Å². The average Bonchev–Trinajstić information content (AvgIpc) is 2.43. The van der Waals surface area contributed by atoms with Gasteiger partial charge in [0.2, 0.25) is 0 Å². The first-order valence-corrected chi connectivity index (χ1v) is 9.36. The molecule has 3 unspecified atom stereocenters. The summed E-state index contributed by atoms with van der Waals surface area (Å²) >= 11 is 0. The first-order valence-electron chi connectivity index (χ1n) is 9.36. The van der Waals surface area contributed by atoms with Gasteiger partial charge >= 0.3 is 0 Å². The average molecular weight is 297 g/mol. The molecule has 0 spiro atoms. The van der Waals surface area contributed by atoms with E-state index < -0.39 is 0 Å². The van der Waals surface area contributed by atoms with Crippen LogP contribution < -0.4 is 5.32 Å². The summed E-state index contributed by atoms with van der Waals surface area (Å²) in [4.78, 5) is 2.53.